The summed E-state index contributed by atoms with van der Waals surface area (Å²) in [6.45, 7) is 0. The smallest absolute Gasteiger partial charge is 0 e. The first-order valence-electron chi connectivity index (χ1n) is 2.94. The topological polar surface area (TPSA) is 47.6 Å². The van der Waals surface area contributed by atoms with Gasteiger partial charge in [-0.25, -0.2) is 0 Å². The zero-order chi connectivity index (χ0) is 7.40. The molecular formula is C8H6N2. The lowest BCUT2D eigenvalue weighted by molar-refractivity contribution is 1.15. The van der Waals surface area contributed by atoms with E-state index in [2.05, 4.69) is 36.4 Å². The molecule has 0 amide bonds. The van der Waals surface area contributed by atoms with Crippen molar-refractivity contribution >= 4 is 12.2 Å². The van der Waals surface area contributed by atoms with Gasteiger partial charge in [0.1, 0.15) is 0 Å². The Morgan fingerprint density at radius 1 is 0.800 bits per heavy atom. The minimum atomic E-state index is 1.37. The van der Waals surface area contributed by atoms with Crippen LogP contribution >= 0.6 is 0 Å². The normalized spacial score (nSPS) is 10.2. The van der Waals surface area contributed by atoms with E-state index in [0.717, 1.165) is 0 Å². The van der Waals surface area contributed by atoms with Crippen molar-refractivity contribution in [3.8, 4) is 0 Å². The van der Waals surface area contributed by atoms with E-state index in [4.69, 9.17) is 10.8 Å². The van der Waals surface area contributed by atoms with Gasteiger partial charge in [-0.05, 0) is 11.1 Å². The zero-order valence-corrected chi connectivity index (χ0v) is 5.36. The van der Waals surface area contributed by atoms with Crippen LogP contribution in [0.3, 0.4) is 0 Å². The van der Waals surface area contributed by atoms with Gasteiger partial charge in [-0.1, -0.05) is 36.4 Å². The SMILES string of the molecule is C1=Cc2ccccc21.N#N. The van der Waals surface area contributed by atoms with E-state index in [1.807, 2.05) is 0 Å². The highest BCUT2D eigenvalue weighted by Crippen LogP contribution is 2.21. The molecule has 0 radical (unpaired) electrons. The second kappa shape index (κ2) is 2.79. The fraction of sp³-hybridized carbons (Fsp3) is 0. The number of nitrogens with zero attached hydrogens (tertiary/aromatic N) is 2. The molecule has 10 heavy (non-hydrogen) atoms. The third-order valence-electron chi connectivity index (χ3n) is 1.44. The molecule has 1 aromatic carbocycles. The molecule has 0 fully saturated rings. The van der Waals surface area contributed by atoms with Crippen LogP contribution in [0.4, 0.5) is 0 Å². The number of hydrogen-bond acceptors (Lipinski definition) is 2. The van der Waals surface area contributed by atoms with Gasteiger partial charge in [-0.3, -0.25) is 0 Å². The third-order valence-corrected chi connectivity index (χ3v) is 1.44. The molecule has 0 aromatic heterocycles. The molecule has 0 saturated heterocycles. The van der Waals surface area contributed by atoms with Crippen LogP contribution in [0.25, 0.3) is 12.2 Å². The molecule has 1 aliphatic rings. The van der Waals surface area contributed by atoms with Gasteiger partial charge in [0, 0.05) is 10.8 Å². The van der Waals surface area contributed by atoms with Crippen LogP contribution < -0.4 is 0 Å². The lowest BCUT2D eigenvalue weighted by Gasteiger charge is -2.06. The summed E-state index contributed by atoms with van der Waals surface area (Å²) in [7, 11) is 0. The molecule has 0 atom stereocenters. The lowest BCUT2D eigenvalue weighted by atomic mass is 9.99. The summed E-state index contributed by atoms with van der Waals surface area (Å²) in [6.07, 6.45) is 4.24. The summed E-state index contributed by atoms with van der Waals surface area (Å²) in [5.41, 5.74) is 2.74. The first-order valence-corrected chi connectivity index (χ1v) is 2.94. The summed E-state index contributed by atoms with van der Waals surface area (Å²) in [5.74, 6) is 0. The largest absolute Gasteiger partial charge is 0.0616 e. The monoisotopic (exact) mass is 130 g/mol. The van der Waals surface area contributed by atoms with Gasteiger partial charge >= 0.3 is 0 Å². The van der Waals surface area contributed by atoms with Crippen molar-refractivity contribution in [1.29, 1.82) is 10.8 Å². The van der Waals surface area contributed by atoms with Crippen molar-refractivity contribution in [2.75, 3.05) is 0 Å². The van der Waals surface area contributed by atoms with Gasteiger partial charge in [0.25, 0.3) is 0 Å². The molecule has 0 aliphatic heterocycles. The van der Waals surface area contributed by atoms with Crippen molar-refractivity contribution in [1.82, 2.24) is 0 Å². The van der Waals surface area contributed by atoms with Crippen molar-refractivity contribution < 1.29 is 0 Å². The van der Waals surface area contributed by atoms with Gasteiger partial charge in [0.2, 0.25) is 0 Å². The summed E-state index contributed by atoms with van der Waals surface area (Å²) >= 11 is 0. The zero-order valence-electron chi connectivity index (χ0n) is 5.36. The van der Waals surface area contributed by atoms with Crippen molar-refractivity contribution in [3.05, 3.63) is 35.4 Å². The standard InChI is InChI=1S/C8H6.N2/c1-2-4-8-6-5-7(8)3-1;1-2/h1-6H;. The Morgan fingerprint density at radius 3 is 1.40 bits per heavy atom. The summed E-state index contributed by atoms with van der Waals surface area (Å²) in [4.78, 5) is 0. The highest BCUT2D eigenvalue weighted by Gasteiger charge is 1.99. The van der Waals surface area contributed by atoms with Gasteiger partial charge in [0.05, 0.1) is 0 Å². The van der Waals surface area contributed by atoms with Crippen LogP contribution in [0.1, 0.15) is 11.1 Å². The third kappa shape index (κ3) is 0.893. The van der Waals surface area contributed by atoms with Crippen LogP contribution in [-0.2, 0) is 0 Å². The second-order valence-corrected chi connectivity index (χ2v) is 1.96. The van der Waals surface area contributed by atoms with Crippen molar-refractivity contribution in [2.24, 2.45) is 0 Å². The van der Waals surface area contributed by atoms with Crippen LogP contribution in [0.5, 0.6) is 0 Å². The number of hydrogen-bond donors (Lipinski definition) is 0. The maximum absolute atomic E-state index is 6.00. The number of benzene rings is 1. The first kappa shape index (κ1) is 6.50. The van der Waals surface area contributed by atoms with E-state index in [0.29, 0.717) is 0 Å². The molecule has 1 aromatic rings. The molecule has 0 saturated carbocycles. The van der Waals surface area contributed by atoms with Crippen LogP contribution in [-0.4, -0.2) is 0 Å². The highest BCUT2D eigenvalue weighted by molar-refractivity contribution is 5.85. The average Bonchev–Trinajstić information content (AvgIpc) is 1.96. The molecule has 48 valence electrons. The van der Waals surface area contributed by atoms with Crippen LogP contribution in [0.15, 0.2) is 24.3 Å². The van der Waals surface area contributed by atoms with E-state index in [1.165, 1.54) is 11.1 Å². The van der Waals surface area contributed by atoms with E-state index in [9.17, 15) is 0 Å². The van der Waals surface area contributed by atoms with Gasteiger partial charge in [0.15, 0.2) is 0 Å². The fourth-order valence-electron chi connectivity index (χ4n) is 0.898. The molecule has 2 heteroatoms. The molecule has 1 aliphatic carbocycles. The molecule has 0 spiro atoms. The summed E-state index contributed by atoms with van der Waals surface area (Å²) in [6, 6.07) is 8.36. The summed E-state index contributed by atoms with van der Waals surface area (Å²) < 4.78 is 0. The highest BCUT2D eigenvalue weighted by atomic mass is 14.6. The molecule has 2 nitrogen and oxygen atoms in total. The van der Waals surface area contributed by atoms with Crippen molar-refractivity contribution in [3.63, 3.8) is 0 Å². The Bertz CT molecular complexity index is 249. The minimum Gasteiger partial charge on any atom is -0.0616 e. The Kier molecular flexibility index (Phi) is 1.81. The summed E-state index contributed by atoms with van der Waals surface area (Å²) in [5, 5.41) is 12.0. The Balaban J connectivity index is 0.000000231. The molecule has 0 unspecified atom stereocenters. The second-order valence-electron chi connectivity index (χ2n) is 1.96. The molecular weight excluding hydrogens is 124 g/mol. The van der Waals surface area contributed by atoms with Crippen LogP contribution in [0.2, 0.25) is 0 Å². The quantitative estimate of drug-likeness (QED) is 0.513. The van der Waals surface area contributed by atoms with E-state index >= 15 is 0 Å². The number of fused-ring (bicyclic) bond motifs is 1. The molecule has 2 rings (SSSR count). The lowest BCUT2D eigenvalue weighted by Crippen LogP contribution is -1.85. The first-order chi connectivity index (χ1) is 4.97. The van der Waals surface area contributed by atoms with E-state index in [-0.39, 0.29) is 0 Å². The van der Waals surface area contributed by atoms with E-state index < -0.39 is 0 Å². The van der Waals surface area contributed by atoms with Crippen LogP contribution in [0, 0.1) is 10.8 Å². The average molecular weight is 130 g/mol. The maximum Gasteiger partial charge on any atom is 0 e. The Hall–Kier alpha value is -1.62. The predicted molar refractivity (Wildman–Crippen MR) is 38.8 cm³/mol. The fourth-order valence-corrected chi connectivity index (χ4v) is 0.898. The van der Waals surface area contributed by atoms with Gasteiger partial charge < -0.3 is 0 Å². The Morgan fingerprint density at radius 2 is 1.20 bits per heavy atom. The van der Waals surface area contributed by atoms with Gasteiger partial charge in [-0.15, -0.1) is 0 Å². The van der Waals surface area contributed by atoms with E-state index in [1.54, 1.807) is 0 Å². The predicted octanol–water partition coefficient (Wildman–Crippen LogP) is 2.20. The van der Waals surface area contributed by atoms with Gasteiger partial charge in [-0.2, -0.15) is 0 Å². The molecule has 0 N–H and O–H groups in total. The number of rotatable bonds is 0. The minimum absolute atomic E-state index is 1.37. The molecule has 0 bridgehead atoms. The Labute approximate surface area is 59.2 Å². The maximum atomic E-state index is 6.00. The van der Waals surface area contributed by atoms with Crippen molar-refractivity contribution in [2.45, 2.75) is 0 Å². The molecule has 0 heterocycles.